The van der Waals surface area contributed by atoms with Crippen LogP contribution in [0.3, 0.4) is 0 Å². The molecule has 1 aliphatic rings. The van der Waals surface area contributed by atoms with Crippen molar-refractivity contribution in [3.63, 3.8) is 0 Å². The van der Waals surface area contributed by atoms with E-state index in [1.807, 2.05) is 0 Å². The van der Waals surface area contributed by atoms with Gasteiger partial charge in [-0.3, -0.25) is 4.79 Å². The lowest BCUT2D eigenvalue weighted by Gasteiger charge is -2.37. The van der Waals surface area contributed by atoms with Crippen LogP contribution >= 0.6 is 0 Å². The quantitative estimate of drug-likeness (QED) is 0.298. The first-order valence-corrected chi connectivity index (χ1v) is 11.5. The van der Waals surface area contributed by atoms with Crippen LogP contribution in [-0.2, 0) is 9.53 Å². The molecule has 0 aromatic heterocycles. The molecular formula is C22H43NO5. The normalized spacial score (nSPS) is 25.0. The predicted octanol–water partition coefficient (Wildman–Crippen LogP) is 3.07. The predicted molar refractivity (Wildman–Crippen MR) is 111 cm³/mol. The third kappa shape index (κ3) is 10.7. The fourth-order valence-corrected chi connectivity index (χ4v) is 3.75. The van der Waals surface area contributed by atoms with Gasteiger partial charge in [0.2, 0.25) is 5.91 Å². The second kappa shape index (κ2) is 16.1. The first-order chi connectivity index (χ1) is 13.6. The monoisotopic (exact) mass is 401 g/mol. The molecule has 4 atom stereocenters. The van der Waals surface area contributed by atoms with Gasteiger partial charge in [0.05, 0.1) is 19.3 Å². The van der Waals surface area contributed by atoms with Gasteiger partial charge in [-0.05, 0) is 6.42 Å². The average Bonchev–Trinajstić information content (AvgIpc) is 2.69. The zero-order chi connectivity index (χ0) is 20.6. The molecule has 166 valence electrons. The molecule has 1 saturated heterocycles. The van der Waals surface area contributed by atoms with Crippen LogP contribution in [0.5, 0.6) is 0 Å². The minimum atomic E-state index is -1.18. The van der Waals surface area contributed by atoms with Crippen LogP contribution in [0.15, 0.2) is 0 Å². The van der Waals surface area contributed by atoms with Gasteiger partial charge in [-0.1, -0.05) is 84.0 Å². The van der Waals surface area contributed by atoms with Gasteiger partial charge >= 0.3 is 0 Å². The molecule has 0 saturated carbocycles. The molecule has 0 spiro atoms. The summed E-state index contributed by atoms with van der Waals surface area (Å²) in [5.41, 5.74) is 0. The fraction of sp³-hybridized carbons (Fsp3) is 0.955. The number of unbranched alkanes of at least 4 members (excludes halogenated alkanes) is 12. The van der Waals surface area contributed by atoms with Crippen LogP contribution < -0.4 is 5.32 Å². The van der Waals surface area contributed by atoms with Crippen molar-refractivity contribution in [3.05, 3.63) is 0 Å². The maximum absolute atomic E-state index is 12.0. The summed E-state index contributed by atoms with van der Waals surface area (Å²) >= 11 is 0. The van der Waals surface area contributed by atoms with Crippen LogP contribution in [0.4, 0.5) is 0 Å². The number of aliphatic hydroxyl groups is 3. The lowest BCUT2D eigenvalue weighted by atomic mass is 9.98. The first kappa shape index (κ1) is 25.3. The van der Waals surface area contributed by atoms with Crippen molar-refractivity contribution < 1.29 is 24.9 Å². The molecule has 0 aromatic rings. The van der Waals surface area contributed by atoms with Crippen molar-refractivity contribution in [1.29, 1.82) is 0 Å². The minimum Gasteiger partial charge on any atom is -0.394 e. The molecule has 1 heterocycles. The second-order valence-corrected chi connectivity index (χ2v) is 8.20. The molecule has 0 unspecified atom stereocenters. The van der Waals surface area contributed by atoms with E-state index >= 15 is 0 Å². The highest BCUT2D eigenvalue weighted by Crippen LogP contribution is 2.16. The molecule has 1 aliphatic heterocycles. The standard InChI is InChI=1S/C22H43NO5/c1-2-3-4-5-6-7-8-9-10-11-12-13-14-15-20(25)23-18-17-28-19(16-24)22(27)21(18)26/h18-19,21-22,24,26-27H,2-17H2,1H3,(H,23,25)/t18-,19+,21+,22+/m0/s1. The Hall–Kier alpha value is -0.690. The maximum Gasteiger partial charge on any atom is 0.220 e. The number of rotatable bonds is 16. The first-order valence-electron chi connectivity index (χ1n) is 11.5. The van der Waals surface area contributed by atoms with Gasteiger partial charge in [0, 0.05) is 6.42 Å². The Morgan fingerprint density at radius 3 is 1.86 bits per heavy atom. The van der Waals surface area contributed by atoms with Gasteiger partial charge in [0.25, 0.3) is 0 Å². The van der Waals surface area contributed by atoms with Crippen molar-refractivity contribution in [3.8, 4) is 0 Å². The van der Waals surface area contributed by atoms with Crippen molar-refractivity contribution in [1.82, 2.24) is 5.32 Å². The largest absolute Gasteiger partial charge is 0.394 e. The molecule has 0 aromatic carbocycles. The number of carbonyl (C=O) groups is 1. The molecule has 0 radical (unpaired) electrons. The van der Waals surface area contributed by atoms with Crippen molar-refractivity contribution in [2.75, 3.05) is 13.2 Å². The van der Waals surface area contributed by atoms with Gasteiger partial charge in [-0.15, -0.1) is 0 Å². The molecule has 1 rings (SSSR count). The summed E-state index contributed by atoms with van der Waals surface area (Å²) in [5.74, 6) is -0.120. The summed E-state index contributed by atoms with van der Waals surface area (Å²) in [4.78, 5) is 12.0. The van der Waals surface area contributed by atoms with Crippen molar-refractivity contribution in [2.45, 2.75) is 121 Å². The highest BCUT2D eigenvalue weighted by molar-refractivity contribution is 5.76. The molecule has 0 aliphatic carbocycles. The highest BCUT2D eigenvalue weighted by atomic mass is 16.5. The molecule has 6 nitrogen and oxygen atoms in total. The fourth-order valence-electron chi connectivity index (χ4n) is 3.75. The maximum atomic E-state index is 12.0. The number of hydrogen-bond donors (Lipinski definition) is 4. The number of amides is 1. The topological polar surface area (TPSA) is 99.0 Å². The van der Waals surface area contributed by atoms with Crippen molar-refractivity contribution >= 4 is 5.91 Å². The van der Waals surface area contributed by atoms with Crippen LogP contribution in [0.2, 0.25) is 0 Å². The Morgan fingerprint density at radius 2 is 1.36 bits per heavy atom. The van der Waals surface area contributed by atoms with E-state index < -0.39 is 24.4 Å². The Balaban J connectivity index is 1.93. The minimum absolute atomic E-state index is 0.105. The van der Waals surface area contributed by atoms with E-state index in [1.54, 1.807) is 0 Å². The van der Waals surface area contributed by atoms with Crippen LogP contribution in [0.25, 0.3) is 0 Å². The van der Waals surface area contributed by atoms with Crippen LogP contribution in [0.1, 0.15) is 96.8 Å². The lowest BCUT2D eigenvalue weighted by molar-refractivity contribution is -0.164. The van der Waals surface area contributed by atoms with E-state index in [-0.39, 0.29) is 19.1 Å². The molecule has 6 heteroatoms. The van der Waals surface area contributed by atoms with Gasteiger partial charge in [0.1, 0.15) is 18.3 Å². The number of nitrogens with one attached hydrogen (secondary N) is 1. The van der Waals surface area contributed by atoms with Gasteiger partial charge < -0.3 is 25.4 Å². The highest BCUT2D eigenvalue weighted by Gasteiger charge is 2.38. The number of carbonyl (C=O) groups excluding carboxylic acids is 1. The molecule has 28 heavy (non-hydrogen) atoms. The van der Waals surface area contributed by atoms with E-state index in [4.69, 9.17) is 9.84 Å². The molecular weight excluding hydrogens is 358 g/mol. The summed E-state index contributed by atoms with van der Waals surface area (Å²) in [5, 5.41) is 31.6. The van der Waals surface area contributed by atoms with E-state index in [9.17, 15) is 15.0 Å². The number of aliphatic hydroxyl groups excluding tert-OH is 3. The molecule has 0 bridgehead atoms. The van der Waals surface area contributed by atoms with Gasteiger partial charge in [-0.25, -0.2) is 0 Å². The number of hydrogen-bond acceptors (Lipinski definition) is 5. The smallest absolute Gasteiger partial charge is 0.220 e. The summed E-state index contributed by atoms with van der Waals surface area (Å²) in [6.45, 7) is 2.01. The van der Waals surface area contributed by atoms with Crippen LogP contribution in [0, 0.1) is 0 Å². The summed E-state index contributed by atoms with van der Waals surface area (Å²) in [6.07, 6.45) is 13.8. The van der Waals surface area contributed by atoms with E-state index in [0.717, 1.165) is 19.3 Å². The van der Waals surface area contributed by atoms with E-state index in [1.165, 1.54) is 64.2 Å². The van der Waals surface area contributed by atoms with E-state index in [2.05, 4.69) is 12.2 Å². The van der Waals surface area contributed by atoms with E-state index in [0.29, 0.717) is 6.42 Å². The third-order valence-corrected chi connectivity index (χ3v) is 5.67. The molecule has 1 fully saturated rings. The molecule has 4 N–H and O–H groups in total. The van der Waals surface area contributed by atoms with Gasteiger partial charge in [-0.2, -0.15) is 0 Å². The summed E-state index contributed by atoms with van der Waals surface area (Å²) in [7, 11) is 0. The van der Waals surface area contributed by atoms with Crippen LogP contribution in [-0.4, -0.2) is 58.8 Å². The Bertz CT molecular complexity index is 393. The van der Waals surface area contributed by atoms with Gasteiger partial charge in [0.15, 0.2) is 0 Å². The second-order valence-electron chi connectivity index (χ2n) is 8.20. The summed E-state index contributed by atoms with van der Waals surface area (Å²) in [6, 6.07) is -0.618. The zero-order valence-electron chi connectivity index (χ0n) is 17.8. The Labute approximate surface area is 171 Å². The Morgan fingerprint density at radius 1 is 0.857 bits per heavy atom. The lowest BCUT2D eigenvalue weighted by Crippen LogP contribution is -2.59. The third-order valence-electron chi connectivity index (χ3n) is 5.67. The van der Waals surface area contributed by atoms with Crippen molar-refractivity contribution in [2.24, 2.45) is 0 Å². The molecule has 1 amide bonds. The Kier molecular flexibility index (Phi) is 14.6. The average molecular weight is 402 g/mol. The zero-order valence-corrected chi connectivity index (χ0v) is 17.8. The number of ether oxygens (including phenoxy) is 1. The SMILES string of the molecule is CCCCCCCCCCCCCCCC(=O)N[C@H]1CO[C@H](CO)[C@@H](O)[C@@H]1O. The summed E-state index contributed by atoms with van der Waals surface area (Å²) < 4.78 is 5.27.